The minimum atomic E-state index is -0.285. The van der Waals surface area contributed by atoms with Gasteiger partial charge in [-0.1, -0.05) is 19.1 Å². The van der Waals surface area contributed by atoms with Crippen LogP contribution in [-0.2, 0) is 0 Å². The predicted octanol–water partition coefficient (Wildman–Crippen LogP) is 2.05. The molecule has 1 aliphatic heterocycles. The molecule has 0 amide bonds. The number of piperidine rings is 1. The van der Waals surface area contributed by atoms with E-state index in [4.69, 9.17) is 5.73 Å². The van der Waals surface area contributed by atoms with E-state index in [1.807, 2.05) is 24.8 Å². The minimum absolute atomic E-state index is 0.152. The van der Waals surface area contributed by atoms with Gasteiger partial charge in [-0.2, -0.15) is 0 Å². The van der Waals surface area contributed by atoms with Crippen molar-refractivity contribution >= 4 is 5.69 Å². The first-order chi connectivity index (χ1) is 8.50. The van der Waals surface area contributed by atoms with E-state index in [0.717, 1.165) is 5.56 Å². The fraction of sp³-hybridized carbons (Fsp3) is 0.571. The fourth-order valence-corrected chi connectivity index (χ4v) is 2.57. The van der Waals surface area contributed by atoms with E-state index in [1.165, 1.54) is 6.07 Å². The number of nitrogens with zero attached hydrogens (tertiary/aromatic N) is 1. The Balaban J connectivity index is 2.33. The molecule has 1 heterocycles. The molecule has 1 aromatic carbocycles. The van der Waals surface area contributed by atoms with Crippen molar-refractivity contribution in [3.8, 4) is 0 Å². The number of aliphatic hydroxyl groups is 1. The number of anilines is 1. The first-order valence-corrected chi connectivity index (χ1v) is 6.47. The summed E-state index contributed by atoms with van der Waals surface area (Å²) in [6, 6.07) is 4.84. The summed E-state index contributed by atoms with van der Waals surface area (Å²) in [7, 11) is 0. The number of para-hydroxylation sites is 1. The molecule has 0 saturated carbocycles. The molecule has 2 unspecified atom stereocenters. The van der Waals surface area contributed by atoms with Crippen molar-refractivity contribution in [2.45, 2.75) is 32.4 Å². The Morgan fingerprint density at radius 2 is 2.22 bits per heavy atom. The highest BCUT2D eigenvalue weighted by Gasteiger charge is 2.27. The Bertz CT molecular complexity index is 422. The lowest BCUT2D eigenvalue weighted by molar-refractivity contribution is 0.0968. The van der Waals surface area contributed by atoms with E-state index < -0.39 is 0 Å². The Labute approximate surface area is 107 Å². The summed E-state index contributed by atoms with van der Waals surface area (Å²) in [5.74, 6) is -0.0762. The molecule has 0 radical (unpaired) electrons. The Kier molecular flexibility index (Phi) is 3.88. The summed E-state index contributed by atoms with van der Waals surface area (Å²) < 4.78 is 14.1. The van der Waals surface area contributed by atoms with Crippen LogP contribution in [0, 0.1) is 11.7 Å². The van der Waals surface area contributed by atoms with E-state index in [-0.39, 0.29) is 23.9 Å². The van der Waals surface area contributed by atoms with E-state index in [0.29, 0.717) is 25.2 Å². The molecule has 3 atom stereocenters. The normalized spacial score (nSPS) is 26.2. The highest BCUT2D eigenvalue weighted by molar-refractivity contribution is 5.56. The molecule has 100 valence electrons. The van der Waals surface area contributed by atoms with Gasteiger partial charge in [-0.3, -0.25) is 0 Å². The molecule has 1 aromatic rings. The molecule has 18 heavy (non-hydrogen) atoms. The van der Waals surface area contributed by atoms with Crippen molar-refractivity contribution in [3.05, 3.63) is 29.6 Å². The summed E-state index contributed by atoms with van der Waals surface area (Å²) in [4.78, 5) is 2.01. The van der Waals surface area contributed by atoms with E-state index >= 15 is 0 Å². The van der Waals surface area contributed by atoms with E-state index in [1.54, 1.807) is 6.07 Å². The number of hydrogen-bond donors (Lipinski definition) is 2. The third-order valence-corrected chi connectivity index (χ3v) is 3.68. The molecule has 4 heteroatoms. The first-order valence-electron chi connectivity index (χ1n) is 6.47. The molecule has 2 rings (SSSR count). The third kappa shape index (κ3) is 2.49. The van der Waals surface area contributed by atoms with E-state index in [9.17, 15) is 9.50 Å². The zero-order valence-corrected chi connectivity index (χ0v) is 10.9. The number of nitrogens with two attached hydrogens (primary N) is 1. The van der Waals surface area contributed by atoms with Gasteiger partial charge < -0.3 is 15.7 Å². The summed E-state index contributed by atoms with van der Waals surface area (Å²) in [5, 5.41) is 9.75. The molecule has 0 aromatic heterocycles. The minimum Gasteiger partial charge on any atom is -0.393 e. The van der Waals surface area contributed by atoms with Gasteiger partial charge in [0, 0.05) is 19.1 Å². The van der Waals surface area contributed by atoms with Crippen LogP contribution in [0.15, 0.2) is 18.2 Å². The maximum absolute atomic E-state index is 14.1. The zero-order chi connectivity index (χ0) is 13.3. The van der Waals surface area contributed by atoms with Gasteiger partial charge in [0.15, 0.2) is 0 Å². The van der Waals surface area contributed by atoms with Crippen LogP contribution < -0.4 is 10.6 Å². The van der Waals surface area contributed by atoms with Crippen LogP contribution in [0.3, 0.4) is 0 Å². The average Bonchev–Trinajstić information content (AvgIpc) is 2.32. The van der Waals surface area contributed by atoms with Crippen LogP contribution in [0.1, 0.15) is 31.9 Å². The van der Waals surface area contributed by atoms with Gasteiger partial charge in [0.25, 0.3) is 0 Å². The molecule has 3 nitrogen and oxygen atoms in total. The summed E-state index contributed by atoms with van der Waals surface area (Å²) in [6.07, 6.45) is 0.389. The number of hydrogen-bond acceptors (Lipinski definition) is 3. The number of aliphatic hydroxyl groups excluding tert-OH is 1. The van der Waals surface area contributed by atoms with Crippen LogP contribution >= 0.6 is 0 Å². The lowest BCUT2D eigenvalue weighted by atomic mass is 9.95. The number of benzene rings is 1. The number of halogens is 1. The number of rotatable bonds is 2. The zero-order valence-electron chi connectivity index (χ0n) is 10.9. The largest absolute Gasteiger partial charge is 0.393 e. The van der Waals surface area contributed by atoms with Gasteiger partial charge in [-0.25, -0.2) is 4.39 Å². The first kappa shape index (κ1) is 13.3. The average molecular weight is 252 g/mol. The van der Waals surface area contributed by atoms with Crippen molar-refractivity contribution in [1.29, 1.82) is 0 Å². The lowest BCUT2D eigenvalue weighted by Gasteiger charge is -2.37. The van der Waals surface area contributed by atoms with Crippen molar-refractivity contribution in [2.75, 3.05) is 18.0 Å². The predicted molar refractivity (Wildman–Crippen MR) is 71.0 cm³/mol. The smallest absolute Gasteiger partial charge is 0.146 e. The molecule has 3 N–H and O–H groups in total. The second-order valence-corrected chi connectivity index (χ2v) is 5.25. The maximum atomic E-state index is 14.1. The second kappa shape index (κ2) is 5.24. The van der Waals surface area contributed by atoms with Crippen molar-refractivity contribution in [2.24, 2.45) is 11.7 Å². The van der Waals surface area contributed by atoms with Gasteiger partial charge in [0.2, 0.25) is 0 Å². The Hall–Kier alpha value is -1.13. The monoisotopic (exact) mass is 252 g/mol. The quantitative estimate of drug-likeness (QED) is 0.847. The maximum Gasteiger partial charge on any atom is 0.146 e. The summed E-state index contributed by atoms with van der Waals surface area (Å²) >= 11 is 0. The van der Waals surface area contributed by atoms with Crippen LogP contribution in [0.5, 0.6) is 0 Å². The second-order valence-electron chi connectivity index (χ2n) is 5.25. The standard InChI is InChI=1S/C14H21FN2O/c1-9-8-17(7-6-13(9)18)14-11(10(2)16)4-3-5-12(14)15/h3-5,9-10,13,18H,6-8,16H2,1-2H3/t9?,10-,13?/m0/s1. The molecule has 1 aliphatic rings. The summed E-state index contributed by atoms with van der Waals surface area (Å²) in [5.41, 5.74) is 7.34. The van der Waals surface area contributed by atoms with Gasteiger partial charge in [0.05, 0.1) is 11.8 Å². The van der Waals surface area contributed by atoms with Gasteiger partial charge in [-0.05, 0) is 30.9 Å². The topological polar surface area (TPSA) is 49.5 Å². The lowest BCUT2D eigenvalue weighted by Crippen LogP contribution is -2.43. The van der Waals surface area contributed by atoms with Crippen molar-refractivity contribution in [3.63, 3.8) is 0 Å². The molecule has 1 saturated heterocycles. The van der Waals surface area contributed by atoms with Crippen molar-refractivity contribution < 1.29 is 9.50 Å². The highest BCUT2D eigenvalue weighted by atomic mass is 19.1. The van der Waals surface area contributed by atoms with E-state index in [2.05, 4.69) is 0 Å². The Morgan fingerprint density at radius 3 is 2.83 bits per heavy atom. The molecule has 1 fully saturated rings. The van der Waals surface area contributed by atoms with Gasteiger partial charge >= 0.3 is 0 Å². The van der Waals surface area contributed by atoms with Crippen molar-refractivity contribution in [1.82, 2.24) is 0 Å². The summed E-state index contributed by atoms with van der Waals surface area (Å²) in [6.45, 7) is 5.19. The fourth-order valence-electron chi connectivity index (χ4n) is 2.57. The van der Waals surface area contributed by atoms with Crippen LogP contribution in [0.25, 0.3) is 0 Å². The van der Waals surface area contributed by atoms with Gasteiger partial charge in [-0.15, -0.1) is 0 Å². The molecular weight excluding hydrogens is 231 g/mol. The molecular formula is C14H21FN2O. The Morgan fingerprint density at radius 1 is 1.50 bits per heavy atom. The third-order valence-electron chi connectivity index (χ3n) is 3.68. The highest BCUT2D eigenvalue weighted by Crippen LogP contribution is 2.31. The van der Waals surface area contributed by atoms with Gasteiger partial charge in [0.1, 0.15) is 5.82 Å². The SMILES string of the molecule is CC1CN(c2c(F)cccc2[C@H](C)N)CCC1O. The molecule has 0 bridgehead atoms. The molecule has 0 spiro atoms. The molecule has 0 aliphatic carbocycles. The van der Waals surface area contributed by atoms with Crippen LogP contribution in [0.2, 0.25) is 0 Å². The van der Waals surface area contributed by atoms with Crippen LogP contribution in [0.4, 0.5) is 10.1 Å². The van der Waals surface area contributed by atoms with Crippen LogP contribution in [-0.4, -0.2) is 24.3 Å².